The van der Waals surface area contributed by atoms with E-state index in [1.807, 2.05) is 30.3 Å². The molecule has 3 aromatic rings. The lowest BCUT2D eigenvalue weighted by molar-refractivity contribution is -0.117. The zero-order valence-corrected chi connectivity index (χ0v) is 14.6. The van der Waals surface area contributed by atoms with Crippen molar-refractivity contribution >= 4 is 27.9 Å². The molecule has 0 bridgehead atoms. The Balaban J connectivity index is 1.72. The summed E-state index contributed by atoms with van der Waals surface area (Å²) in [5.74, 6) is 1.22. The van der Waals surface area contributed by atoms with E-state index in [1.54, 1.807) is 24.3 Å². The largest absolute Gasteiger partial charge is 0.467 e. The molecule has 5 nitrogen and oxygen atoms in total. The summed E-state index contributed by atoms with van der Waals surface area (Å²) in [6, 6.07) is 16.5. The number of rotatable bonds is 5. The maximum atomic E-state index is 12.1. The first-order valence-electron chi connectivity index (χ1n) is 7.44. The first kappa shape index (κ1) is 16.8. The van der Waals surface area contributed by atoms with Crippen LogP contribution >= 0.6 is 15.9 Å². The Morgan fingerprint density at radius 3 is 2.68 bits per heavy atom. The number of furan rings is 2. The standard InChI is InChI=1S/C19H13BrN2O3/c20-15-5-3-13(4-6-15)18-8-7-16(25-18)10-14(11-21)19(23)22-12-17-2-1-9-24-17/h1-10H,12H2,(H,22,23). The van der Waals surface area contributed by atoms with E-state index in [-0.39, 0.29) is 12.1 Å². The van der Waals surface area contributed by atoms with Gasteiger partial charge in [-0.25, -0.2) is 0 Å². The maximum Gasteiger partial charge on any atom is 0.262 e. The van der Waals surface area contributed by atoms with Crippen LogP contribution < -0.4 is 5.32 Å². The molecule has 1 amide bonds. The van der Waals surface area contributed by atoms with Crippen molar-refractivity contribution in [2.45, 2.75) is 6.54 Å². The summed E-state index contributed by atoms with van der Waals surface area (Å²) >= 11 is 3.38. The van der Waals surface area contributed by atoms with Gasteiger partial charge in [0, 0.05) is 16.1 Å². The minimum absolute atomic E-state index is 0.0386. The van der Waals surface area contributed by atoms with E-state index < -0.39 is 5.91 Å². The quantitative estimate of drug-likeness (QED) is 0.507. The van der Waals surface area contributed by atoms with E-state index in [0.717, 1.165) is 10.0 Å². The molecule has 2 heterocycles. The highest BCUT2D eigenvalue weighted by molar-refractivity contribution is 9.10. The number of nitrogens with one attached hydrogen (secondary N) is 1. The van der Waals surface area contributed by atoms with Crippen molar-refractivity contribution in [2.24, 2.45) is 0 Å². The van der Waals surface area contributed by atoms with Crippen molar-refractivity contribution in [2.75, 3.05) is 0 Å². The lowest BCUT2D eigenvalue weighted by atomic mass is 10.2. The molecule has 0 aliphatic rings. The fourth-order valence-corrected chi connectivity index (χ4v) is 2.43. The molecule has 1 N–H and O–H groups in total. The third kappa shape index (κ3) is 4.28. The van der Waals surface area contributed by atoms with Gasteiger partial charge in [-0.15, -0.1) is 0 Å². The van der Waals surface area contributed by atoms with Gasteiger partial charge in [-0.2, -0.15) is 5.26 Å². The van der Waals surface area contributed by atoms with Gasteiger partial charge >= 0.3 is 0 Å². The highest BCUT2D eigenvalue weighted by Gasteiger charge is 2.11. The monoisotopic (exact) mass is 396 g/mol. The third-order valence-electron chi connectivity index (χ3n) is 3.41. The number of nitrogens with zero attached hydrogens (tertiary/aromatic N) is 1. The van der Waals surface area contributed by atoms with Crippen LogP contribution in [-0.2, 0) is 11.3 Å². The Morgan fingerprint density at radius 2 is 2.00 bits per heavy atom. The van der Waals surface area contributed by atoms with Crippen molar-refractivity contribution in [3.8, 4) is 17.4 Å². The average Bonchev–Trinajstić information content (AvgIpc) is 3.30. The Bertz CT molecular complexity index is 932. The van der Waals surface area contributed by atoms with Crippen molar-refractivity contribution in [3.05, 3.63) is 76.4 Å². The second-order valence-corrected chi connectivity index (χ2v) is 6.06. The third-order valence-corrected chi connectivity index (χ3v) is 3.94. The second kappa shape index (κ2) is 7.69. The fourth-order valence-electron chi connectivity index (χ4n) is 2.17. The zero-order chi connectivity index (χ0) is 17.6. The van der Waals surface area contributed by atoms with Gasteiger partial charge < -0.3 is 14.2 Å². The molecule has 0 saturated carbocycles. The summed E-state index contributed by atoms with van der Waals surface area (Å²) in [7, 11) is 0. The van der Waals surface area contributed by atoms with Crippen LogP contribution in [-0.4, -0.2) is 5.91 Å². The summed E-state index contributed by atoms with van der Waals surface area (Å²) in [6.07, 6.45) is 2.94. The van der Waals surface area contributed by atoms with Gasteiger partial charge in [0.1, 0.15) is 28.9 Å². The highest BCUT2D eigenvalue weighted by atomic mass is 79.9. The van der Waals surface area contributed by atoms with E-state index in [9.17, 15) is 10.1 Å². The maximum absolute atomic E-state index is 12.1. The van der Waals surface area contributed by atoms with E-state index in [1.165, 1.54) is 12.3 Å². The van der Waals surface area contributed by atoms with E-state index in [4.69, 9.17) is 8.83 Å². The molecule has 25 heavy (non-hydrogen) atoms. The second-order valence-electron chi connectivity index (χ2n) is 5.14. The summed E-state index contributed by atoms with van der Waals surface area (Å²) in [6.45, 7) is 0.215. The number of carbonyl (C=O) groups excluding carboxylic acids is 1. The first-order chi connectivity index (χ1) is 12.2. The number of nitriles is 1. The molecule has 0 aliphatic carbocycles. The van der Waals surface area contributed by atoms with Crippen LogP contribution in [0.15, 0.2) is 73.7 Å². The number of halogens is 1. The summed E-state index contributed by atoms with van der Waals surface area (Å²) in [5, 5.41) is 11.9. The predicted octanol–water partition coefficient (Wildman–Crippen LogP) is 4.53. The predicted molar refractivity (Wildman–Crippen MR) is 96.0 cm³/mol. The molecule has 2 aromatic heterocycles. The van der Waals surface area contributed by atoms with Crippen molar-refractivity contribution in [1.82, 2.24) is 5.32 Å². The van der Waals surface area contributed by atoms with Crippen LogP contribution in [0.1, 0.15) is 11.5 Å². The van der Waals surface area contributed by atoms with Crippen molar-refractivity contribution in [3.63, 3.8) is 0 Å². The molecular weight excluding hydrogens is 384 g/mol. The molecule has 124 valence electrons. The fraction of sp³-hybridized carbons (Fsp3) is 0.0526. The zero-order valence-electron chi connectivity index (χ0n) is 13.0. The van der Waals surface area contributed by atoms with Crippen LogP contribution in [0.4, 0.5) is 0 Å². The van der Waals surface area contributed by atoms with Crippen molar-refractivity contribution < 1.29 is 13.6 Å². The Morgan fingerprint density at radius 1 is 1.20 bits per heavy atom. The molecule has 3 rings (SSSR count). The van der Waals surface area contributed by atoms with E-state index >= 15 is 0 Å². The first-order valence-corrected chi connectivity index (χ1v) is 8.23. The molecule has 0 spiro atoms. The van der Waals surface area contributed by atoms with Gasteiger partial charge in [-0.3, -0.25) is 4.79 Å². The molecule has 0 unspecified atom stereocenters. The topological polar surface area (TPSA) is 79.2 Å². The SMILES string of the molecule is N#CC(=Cc1ccc(-c2ccc(Br)cc2)o1)C(=O)NCc1ccco1. The normalized spacial score (nSPS) is 11.1. The average molecular weight is 397 g/mol. The molecule has 6 heteroatoms. The van der Waals surface area contributed by atoms with Crippen LogP contribution in [0.5, 0.6) is 0 Å². The molecule has 0 radical (unpaired) electrons. The number of amides is 1. The van der Waals surface area contributed by atoms with Gasteiger partial charge in [-0.1, -0.05) is 28.1 Å². The molecule has 0 aliphatic heterocycles. The lowest BCUT2D eigenvalue weighted by Gasteiger charge is -2.01. The molecular formula is C19H13BrN2O3. The number of carbonyl (C=O) groups is 1. The van der Waals surface area contributed by atoms with Crippen LogP contribution in [0.3, 0.4) is 0 Å². The van der Waals surface area contributed by atoms with Gasteiger partial charge in [0.15, 0.2) is 0 Å². The molecule has 0 fully saturated rings. The van der Waals surface area contributed by atoms with E-state index in [0.29, 0.717) is 17.3 Å². The Hall–Kier alpha value is -3.04. The minimum Gasteiger partial charge on any atom is -0.467 e. The molecule has 1 aromatic carbocycles. The van der Waals surface area contributed by atoms with Gasteiger partial charge in [0.05, 0.1) is 12.8 Å². The number of hydrogen-bond donors (Lipinski definition) is 1. The van der Waals surface area contributed by atoms with Crippen LogP contribution in [0, 0.1) is 11.3 Å². The Kier molecular flexibility index (Phi) is 5.17. The Labute approximate surface area is 152 Å². The highest BCUT2D eigenvalue weighted by Crippen LogP contribution is 2.25. The van der Waals surface area contributed by atoms with Crippen LogP contribution in [0.25, 0.3) is 17.4 Å². The number of benzene rings is 1. The lowest BCUT2D eigenvalue weighted by Crippen LogP contribution is -2.23. The van der Waals surface area contributed by atoms with Crippen molar-refractivity contribution in [1.29, 1.82) is 5.26 Å². The van der Waals surface area contributed by atoms with Gasteiger partial charge in [-0.05, 0) is 36.4 Å². The number of hydrogen-bond acceptors (Lipinski definition) is 4. The van der Waals surface area contributed by atoms with Gasteiger partial charge in [0.25, 0.3) is 5.91 Å². The van der Waals surface area contributed by atoms with Gasteiger partial charge in [0.2, 0.25) is 0 Å². The molecule has 0 atom stereocenters. The minimum atomic E-state index is -0.486. The summed E-state index contributed by atoms with van der Waals surface area (Å²) in [5.41, 5.74) is 0.867. The van der Waals surface area contributed by atoms with Crippen LogP contribution in [0.2, 0.25) is 0 Å². The summed E-state index contributed by atoms with van der Waals surface area (Å²) in [4.78, 5) is 12.1. The summed E-state index contributed by atoms with van der Waals surface area (Å²) < 4.78 is 11.8. The molecule has 0 saturated heterocycles. The van der Waals surface area contributed by atoms with E-state index in [2.05, 4.69) is 21.2 Å². The smallest absolute Gasteiger partial charge is 0.262 e.